The highest BCUT2D eigenvalue weighted by molar-refractivity contribution is 9.10. The molecule has 6 heteroatoms. The van der Waals surface area contributed by atoms with Gasteiger partial charge < -0.3 is 15.0 Å². The van der Waals surface area contributed by atoms with Gasteiger partial charge in [0.1, 0.15) is 5.82 Å². The van der Waals surface area contributed by atoms with Gasteiger partial charge in [-0.15, -0.1) is 0 Å². The fraction of sp³-hybridized carbons (Fsp3) is 0.250. The summed E-state index contributed by atoms with van der Waals surface area (Å²) in [4.78, 5) is 18.8. The molecule has 1 aromatic heterocycles. The number of anilines is 2. The molecule has 3 rings (SSSR count). The molecule has 5 nitrogen and oxygen atoms in total. The van der Waals surface area contributed by atoms with E-state index in [4.69, 9.17) is 4.74 Å². The topological polar surface area (TPSA) is 54.5 Å². The van der Waals surface area contributed by atoms with Crippen molar-refractivity contribution in [3.8, 4) is 0 Å². The Labute approximate surface area is 137 Å². The number of nitrogens with one attached hydrogen (secondary N) is 1. The number of nitrogens with zero attached hydrogens (tertiary/aromatic N) is 2. The van der Waals surface area contributed by atoms with Crippen LogP contribution in [0.5, 0.6) is 0 Å². The average molecular weight is 362 g/mol. The van der Waals surface area contributed by atoms with Crippen molar-refractivity contribution in [2.24, 2.45) is 0 Å². The number of carbonyl (C=O) groups is 1. The largest absolute Gasteiger partial charge is 0.378 e. The fourth-order valence-corrected chi connectivity index (χ4v) is 2.76. The predicted molar refractivity (Wildman–Crippen MR) is 89.4 cm³/mol. The lowest BCUT2D eigenvalue weighted by Gasteiger charge is -2.28. The maximum Gasteiger partial charge on any atom is 0.257 e. The van der Waals surface area contributed by atoms with Gasteiger partial charge >= 0.3 is 0 Å². The van der Waals surface area contributed by atoms with E-state index >= 15 is 0 Å². The summed E-state index contributed by atoms with van der Waals surface area (Å²) in [6.45, 7) is 3.20. The molecule has 1 aliphatic heterocycles. The minimum atomic E-state index is -0.181. The van der Waals surface area contributed by atoms with Crippen LogP contribution in [-0.2, 0) is 4.74 Å². The van der Waals surface area contributed by atoms with E-state index in [0.29, 0.717) is 11.4 Å². The Kier molecular flexibility index (Phi) is 4.70. The monoisotopic (exact) mass is 361 g/mol. The van der Waals surface area contributed by atoms with Crippen LogP contribution in [0.2, 0.25) is 0 Å². The second kappa shape index (κ2) is 6.89. The lowest BCUT2D eigenvalue weighted by atomic mass is 10.2. The van der Waals surface area contributed by atoms with E-state index in [2.05, 4.69) is 31.1 Å². The molecule has 22 heavy (non-hydrogen) atoms. The maximum absolute atomic E-state index is 12.2. The molecule has 0 spiro atoms. The summed E-state index contributed by atoms with van der Waals surface area (Å²) in [7, 11) is 0. The average Bonchev–Trinajstić information content (AvgIpc) is 2.57. The van der Waals surface area contributed by atoms with Gasteiger partial charge in [0.2, 0.25) is 0 Å². The van der Waals surface area contributed by atoms with Crippen LogP contribution in [0.3, 0.4) is 0 Å². The molecular weight excluding hydrogens is 346 g/mol. The number of carbonyl (C=O) groups excluding carboxylic acids is 1. The van der Waals surface area contributed by atoms with Gasteiger partial charge in [-0.3, -0.25) is 4.79 Å². The van der Waals surface area contributed by atoms with E-state index in [0.717, 1.165) is 36.5 Å². The summed E-state index contributed by atoms with van der Waals surface area (Å²) >= 11 is 3.37. The van der Waals surface area contributed by atoms with Crippen LogP contribution in [0.1, 0.15) is 10.4 Å². The third kappa shape index (κ3) is 3.45. The molecule has 1 saturated heterocycles. The van der Waals surface area contributed by atoms with Crippen molar-refractivity contribution in [2.75, 3.05) is 36.5 Å². The first-order valence-corrected chi connectivity index (χ1v) is 7.88. The van der Waals surface area contributed by atoms with Crippen molar-refractivity contribution in [3.05, 3.63) is 52.6 Å². The Bertz CT molecular complexity index is 655. The third-order valence-corrected chi connectivity index (χ3v) is 4.18. The molecule has 114 valence electrons. The quantitative estimate of drug-likeness (QED) is 0.912. The summed E-state index contributed by atoms with van der Waals surface area (Å²) in [5, 5.41) is 2.81. The summed E-state index contributed by atoms with van der Waals surface area (Å²) in [5.41, 5.74) is 1.63. The van der Waals surface area contributed by atoms with E-state index in [1.54, 1.807) is 12.3 Å². The van der Waals surface area contributed by atoms with Gasteiger partial charge in [0, 0.05) is 17.6 Å². The summed E-state index contributed by atoms with van der Waals surface area (Å²) in [6.07, 6.45) is 1.78. The number of benzene rings is 1. The first-order valence-electron chi connectivity index (χ1n) is 7.09. The molecule has 0 aliphatic carbocycles. The number of ether oxygens (including phenoxy) is 1. The Morgan fingerprint density at radius 1 is 1.18 bits per heavy atom. The third-order valence-electron chi connectivity index (χ3n) is 3.48. The second-order valence-corrected chi connectivity index (χ2v) is 5.79. The lowest BCUT2D eigenvalue weighted by Crippen LogP contribution is -2.36. The van der Waals surface area contributed by atoms with Crippen LogP contribution in [0.15, 0.2) is 47.1 Å². The zero-order valence-corrected chi connectivity index (χ0v) is 13.5. The number of pyridine rings is 1. The van der Waals surface area contributed by atoms with Crippen molar-refractivity contribution >= 4 is 33.3 Å². The molecule has 0 bridgehead atoms. The van der Waals surface area contributed by atoms with Gasteiger partial charge in [-0.1, -0.05) is 12.1 Å². The fourth-order valence-electron chi connectivity index (χ4n) is 2.30. The smallest absolute Gasteiger partial charge is 0.257 e. The SMILES string of the molecule is O=C(Nc1ccc(N2CCOCC2)cn1)c1ccccc1Br. The van der Waals surface area contributed by atoms with E-state index < -0.39 is 0 Å². The summed E-state index contributed by atoms with van der Waals surface area (Å²) in [6, 6.07) is 11.1. The minimum Gasteiger partial charge on any atom is -0.378 e. The number of hydrogen-bond donors (Lipinski definition) is 1. The molecule has 1 aliphatic rings. The number of amides is 1. The van der Waals surface area contributed by atoms with E-state index in [1.807, 2.05) is 30.3 Å². The predicted octanol–water partition coefficient (Wildman–Crippen LogP) is 2.93. The second-order valence-electron chi connectivity index (χ2n) is 4.94. The lowest BCUT2D eigenvalue weighted by molar-refractivity contribution is 0.102. The van der Waals surface area contributed by atoms with Crippen molar-refractivity contribution in [2.45, 2.75) is 0 Å². The molecule has 0 unspecified atom stereocenters. The Morgan fingerprint density at radius 3 is 2.64 bits per heavy atom. The van der Waals surface area contributed by atoms with Gasteiger partial charge in [0.05, 0.1) is 30.7 Å². The van der Waals surface area contributed by atoms with Crippen LogP contribution in [0, 0.1) is 0 Å². The molecule has 1 aromatic carbocycles. The highest BCUT2D eigenvalue weighted by Gasteiger charge is 2.13. The number of aromatic nitrogens is 1. The van der Waals surface area contributed by atoms with Crippen molar-refractivity contribution in [3.63, 3.8) is 0 Å². The first kappa shape index (κ1) is 15.0. The van der Waals surface area contributed by atoms with Crippen LogP contribution in [0.4, 0.5) is 11.5 Å². The van der Waals surface area contributed by atoms with Crippen molar-refractivity contribution < 1.29 is 9.53 Å². The highest BCUT2D eigenvalue weighted by Crippen LogP contribution is 2.19. The maximum atomic E-state index is 12.2. The molecule has 2 heterocycles. The van der Waals surface area contributed by atoms with Crippen LogP contribution in [-0.4, -0.2) is 37.2 Å². The van der Waals surface area contributed by atoms with Gasteiger partial charge in [-0.25, -0.2) is 4.98 Å². The van der Waals surface area contributed by atoms with E-state index in [-0.39, 0.29) is 5.91 Å². The Morgan fingerprint density at radius 2 is 1.95 bits per heavy atom. The number of morpholine rings is 1. The van der Waals surface area contributed by atoms with Crippen LogP contribution in [0.25, 0.3) is 0 Å². The number of halogens is 1. The van der Waals surface area contributed by atoms with Crippen LogP contribution < -0.4 is 10.2 Å². The number of rotatable bonds is 3. The first-order chi connectivity index (χ1) is 10.7. The summed E-state index contributed by atoms with van der Waals surface area (Å²) < 4.78 is 6.10. The molecule has 0 radical (unpaired) electrons. The molecule has 1 amide bonds. The standard InChI is InChI=1S/C16H16BrN3O2/c17-14-4-2-1-3-13(14)16(21)19-15-6-5-12(11-18-15)20-7-9-22-10-8-20/h1-6,11H,7-10H2,(H,18,19,21). The normalized spacial score (nSPS) is 14.7. The molecule has 1 N–H and O–H groups in total. The van der Waals surface area contributed by atoms with E-state index in [1.165, 1.54) is 0 Å². The molecule has 1 fully saturated rings. The summed E-state index contributed by atoms with van der Waals surface area (Å²) in [5.74, 6) is 0.358. The zero-order valence-electron chi connectivity index (χ0n) is 12.0. The molecular formula is C16H16BrN3O2. The van der Waals surface area contributed by atoms with Gasteiger partial charge in [-0.05, 0) is 40.2 Å². The molecule has 0 saturated carbocycles. The van der Waals surface area contributed by atoms with Gasteiger partial charge in [0.25, 0.3) is 5.91 Å². The van der Waals surface area contributed by atoms with Crippen LogP contribution >= 0.6 is 15.9 Å². The van der Waals surface area contributed by atoms with Crippen molar-refractivity contribution in [1.29, 1.82) is 0 Å². The molecule has 2 aromatic rings. The Hall–Kier alpha value is -1.92. The molecule has 0 atom stereocenters. The van der Waals surface area contributed by atoms with Gasteiger partial charge in [0.15, 0.2) is 0 Å². The zero-order chi connectivity index (χ0) is 15.4. The van der Waals surface area contributed by atoms with Crippen molar-refractivity contribution in [1.82, 2.24) is 4.98 Å². The Balaban J connectivity index is 1.68. The minimum absolute atomic E-state index is 0.181. The highest BCUT2D eigenvalue weighted by atomic mass is 79.9. The number of hydrogen-bond acceptors (Lipinski definition) is 4. The van der Waals surface area contributed by atoms with Gasteiger partial charge in [-0.2, -0.15) is 0 Å². The van der Waals surface area contributed by atoms with E-state index in [9.17, 15) is 4.79 Å².